The van der Waals surface area contributed by atoms with E-state index in [-0.39, 0.29) is 17.9 Å². The van der Waals surface area contributed by atoms with Crippen molar-refractivity contribution in [3.05, 3.63) is 34.1 Å². The normalized spacial score (nSPS) is 24.2. The average Bonchev–Trinajstić information content (AvgIpc) is 2.35. The van der Waals surface area contributed by atoms with Gasteiger partial charge in [-0.3, -0.25) is 4.90 Å². The molecule has 1 heterocycles. The summed E-state index contributed by atoms with van der Waals surface area (Å²) in [4.78, 5) is 4.45. The van der Waals surface area contributed by atoms with Gasteiger partial charge in [0.25, 0.3) is 0 Å². The summed E-state index contributed by atoms with van der Waals surface area (Å²) in [6.07, 6.45) is 0. The minimum atomic E-state index is -0.310. The highest BCUT2D eigenvalue weighted by atomic mass is 79.9. The number of likely N-dealkylation sites (N-methyl/N-ethyl adjacent to an activating group) is 2. The number of nitrogens with two attached hydrogens (primary N) is 1. The summed E-state index contributed by atoms with van der Waals surface area (Å²) in [5.74, 6) is -0.244. The van der Waals surface area contributed by atoms with Gasteiger partial charge >= 0.3 is 0 Å². The molecule has 0 saturated carbocycles. The van der Waals surface area contributed by atoms with Gasteiger partial charge in [-0.05, 0) is 36.1 Å². The Bertz CT molecular complexity index is 427. The van der Waals surface area contributed by atoms with E-state index in [9.17, 15) is 4.39 Å². The van der Waals surface area contributed by atoms with Gasteiger partial charge in [0, 0.05) is 37.3 Å². The summed E-state index contributed by atoms with van der Waals surface area (Å²) < 4.78 is 14.5. The van der Waals surface area contributed by atoms with Crippen LogP contribution in [0.5, 0.6) is 0 Å². The number of rotatable bonds is 2. The minimum absolute atomic E-state index is 0.146. The number of benzene rings is 1. The van der Waals surface area contributed by atoms with Crippen LogP contribution in [0.1, 0.15) is 11.6 Å². The van der Waals surface area contributed by atoms with Crippen LogP contribution < -0.4 is 5.73 Å². The molecule has 18 heavy (non-hydrogen) atoms. The molecular formula is C13H19BrFN3. The first kappa shape index (κ1) is 13.9. The quantitative estimate of drug-likeness (QED) is 0.904. The predicted octanol–water partition coefficient (Wildman–Crippen LogP) is 1.83. The maximum absolute atomic E-state index is 14.1. The van der Waals surface area contributed by atoms with E-state index in [1.54, 1.807) is 12.1 Å². The molecule has 2 unspecified atom stereocenters. The zero-order valence-electron chi connectivity index (χ0n) is 10.7. The van der Waals surface area contributed by atoms with Gasteiger partial charge in [-0.2, -0.15) is 0 Å². The van der Waals surface area contributed by atoms with Crippen LogP contribution in [0.4, 0.5) is 4.39 Å². The van der Waals surface area contributed by atoms with Crippen LogP contribution in [0.2, 0.25) is 0 Å². The van der Waals surface area contributed by atoms with E-state index in [4.69, 9.17) is 5.73 Å². The third-order valence-corrected chi connectivity index (χ3v) is 4.27. The van der Waals surface area contributed by atoms with Gasteiger partial charge in [0.2, 0.25) is 0 Å². The lowest BCUT2D eigenvalue weighted by molar-refractivity contribution is 0.0965. The molecule has 0 aliphatic carbocycles. The van der Waals surface area contributed by atoms with Crippen molar-refractivity contribution in [2.24, 2.45) is 5.73 Å². The van der Waals surface area contributed by atoms with Gasteiger partial charge in [-0.15, -0.1) is 0 Å². The Labute approximate surface area is 116 Å². The van der Waals surface area contributed by atoms with Crippen molar-refractivity contribution in [2.75, 3.05) is 33.7 Å². The van der Waals surface area contributed by atoms with Gasteiger partial charge in [0.15, 0.2) is 0 Å². The van der Waals surface area contributed by atoms with E-state index >= 15 is 0 Å². The SMILES string of the molecule is CN1CCN(C)C(C(N)c2cccc(Br)c2F)C1. The third-order valence-electron chi connectivity index (χ3n) is 3.65. The van der Waals surface area contributed by atoms with E-state index in [0.717, 1.165) is 19.6 Å². The minimum Gasteiger partial charge on any atom is -0.323 e. The first-order chi connectivity index (χ1) is 8.50. The molecule has 1 fully saturated rings. The Morgan fingerprint density at radius 2 is 2.11 bits per heavy atom. The van der Waals surface area contributed by atoms with Gasteiger partial charge in [0.1, 0.15) is 5.82 Å². The zero-order valence-corrected chi connectivity index (χ0v) is 12.3. The Morgan fingerprint density at radius 3 is 2.83 bits per heavy atom. The van der Waals surface area contributed by atoms with Gasteiger partial charge in [0.05, 0.1) is 4.47 Å². The third kappa shape index (κ3) is 2.74. The van der Waals surface area contributed by atoms with Gasteiger partial charge < -0.3 is 10.6 Å². The van der Waals surface area contributed by atoms with Crippen molar-refractivity contribution < 1.29 is 4.39 Å². The van der Waals surface area contributed by atoms with Crippen LogP contribution in [0.15, 0.2) is 22.7 Å². The first-order valence-corrected chi connectivity index (χ1v) is 6.88. The fourth-order valence-corrected chi connectivity index (χ4v) is 2.80. The molecule has 2 N–H and O–H groups in total. The fourth-order valence-electron chi connectivity index (χ4n) is 2.42. The van der Waals surface area contributed by atoms with E-state index in [0.29, 0.717) is 10.0 Å². The predicted molar refractivity (Wildman–Crippen MR) is 74.9 cm³/mol. The van der Waals surface area contributed by atoms with Crippen LogP contribution in [-0.2, 0) is 0 Å². The first-order valence-electron chi connectivity index (χ1n) is 6.09. The van der Waals surface area contributed by atoms with Crippen LogP contribution in [-0.4, -0.2) is 49.6 Å². The molecule has 0 amide bonds. The van der Waals surface area contributed by atoms with E-state index in [2.05, 4.69) is 32.8 Å². The molecule has 100 valence electrons. The molecular weight excluding hydrogens is 297 g/mol. The Kier molecular flexibility index (Phi) is 4.37. The van der Waals surface area contributed by atoms with Crippen molar-refractivity contribution in [1.29, 1.82) is 0 Å². The Balaban J connectivity index is 2.24. The van der Waals surface area contributed by atoms with Crippen molar-refractivity contribution in [3.8, 4) is 0 Å². The van der Waals surface area contributed by atoms with Crippen molar-refractivity contribution in [3.63, 3.8) is 0 Å². The molecule has 1 aromatic carbocycles. The van der Waals surface area contributed by atoms with Crippen LogP contribution in [0.3, 0.4) is 0 Å². The summed E-state index contributed by atoms with van der Waals surface area (Å²) >= 11 is 3.21. The lowest BCUT2D eigenvalue weighted by atomic mass is 9.97. The maximum Gasteiger partial charge on any atom is 0.142 e. The molecule has 0 radical (unpaired) electrons. The molecule has 5 heteroatoms. The Hall–Kier alpha value is -0.490. The molecule has 2 atom stereocenters. The van der Waals surface area contributed by atoms with Crippen LogP contribution >= 0.6 is 15.9 Å². The second kappa shape index (κ2) is 5.65. The largest absolute Gasteiger partial charge is 0.323 e. The van der Waals surface area contributed by atoms with Gasteiger partial charge in [-0.1, -0.05) is 12.1 Å². The molecule has 0 aromatic heterocycles. The van der Waals surface area contributed by atoms with Crippen LogP contribution in [0.25, 0.3) is 0 Å². The number of hydrogen-bond acceptors (Lipinski definition) is 3. The zero-order chi connectivity index (χ0) is 13.3. The summed E-state index contributed by atoms with van der Waals surface area (Å²) in [7, 11) is 4.12. The number of hydrogen-bond donors (Lipinski definition) is 1. The number of piperazine rings is 1. The smallest absolute Gasteiger partial charge is 0.142 e. The highest BCUT2D eigenvalue weighted by molar-refractivity contribution is 9.10. The lowest BCUT2D eigenvalue weighted by Crippen LogP contribution is -2.54. The standard InChI is InChI=1S/C13H19BrFN3/c1-17-6-7-18(2)11(8-17)13(16)9-4-3-5-10(14)12(9)15/h3-5,11,13H,6-8,16H2,1-2H3. The van der Waals surface area contributed by atoms with Gasteiger partial charge in [-0.25, -0.2) is 4.39 Å². The Morgan fingerprint density at radius 1 is 1.39 bits per heavy atom. The summed E-state index contributed by atoms with van der Waals surface area (Å²) in [6, 6.07) is 5.13. The summed E-state index contributed by atoms with van der Waals surface area (Å²) in [6.45, 7) is 2.86. The topological polar surface area (TPSA) is 32.5 Å². The summed E-state index contributed by atoms with van der Waals surface area (Å²) in [5, 5.41) is 0. The molecule has 1 aromatic rings. The fraction of sp³-hybridized carbons (Fsp3) is 0.538. The average molecular weight is 316 g/mol. The van der Waals surface area contributed by atoms with E-state index < -0.39 is 0 Å². The molecule has 2 rings (SSSR count). The second-order valence-electron chi connectivity index (χ2n) is 4.98. The molecule has 0 bridgehead atoms. The summed E-state index contributed by atoms with van der Waals surface area (Å²) in [5.41, 5.74) is 6.84. The molecule has 0 spiro atoms. The number of halogens is 2. The highest BCUT2D eigenvalue weighted by Crippen LogP contribution is 2.27. The van der Waals surface area contributed by atoms with Crippen molar-refractivity contribution >= 4 is 15.9 Å². The van der Waals surface area contributed by atoms with E-state index in [1.807, 2.05) is 13.1 Å². The van der Waals surface area contributed by atoms with Crippen LogP contribution in [0, 0.1) is 5.82 Å². The second-order valence-corrected chi connectivity index (χ2v) is 5.83. The van der Waals surface area contributed by atoms with Crippen molar-refractivity contribution in [1.82, 2.24) is 9.80 Å². The molecule has 1 saturated heterocycles. The lowest BCUT2D eigenvalue weighted by Gasteiger charge is -2.40. The molecule has 1 aliphatic rings. The highest BCUT2D eigenvalue weighted by Gasteiger charge is 2.30. The van der Waals surface area contributed by atoms with E-state index in [1.165, 1.54) is 0 Å². The number of nitrogens with zero attached hydrogens (tertiary/aromatic N) is 2. The van der Waals surface area contributed by atoms with Crippen molar-refractivity contribution in [2.45, 2.75) is 12.1 Å². The molecule has 1 aliphatic heterocycles. The monoisotopic (exact) mass is 315 g/mol. The maximum atomic E-state index is 14.1. The molecule has 3 nitrogen and oxygen atoms in total.